The molecule has 1 aliphatic rings. The Bertz CT molecular complexity index is 473. The van der Waals surface area contributed by atoms with E-state index in [4.69, 9.17) is 41.2 Å². The van der Waals surface area contributed by atoms with Gasteiger partial charge in [-0.2, -0.15) is 5.10 Å². The van der Waals surface area contributed by atoms with Crippen molar-refractivity contribution in [2.45, 2.75) is 6.42 Å². The fourth-order valence-electron chi connectivity index (χ4n) is 1.49. The first kappa shape index (κ1) is 11.6. The van der Waals surface area contributed by atoms with Crippen molar-refractivity contribution in [3.63, 3.8) is 0 Å². The van der Waals surface area contributed by atoms with Crippen molar-refractivity contribution in [3.8, 4) is 0 Å². The Labute approximate surface area is 109 Å². The number of nitrogens with zero attached hydrogens (tertiary/aromatic N) is 2. The first-order valence-corrected chi connectivity index (χ1v) is 5.84. The van der Waals surface area contributed by atoms with Crippen LogP contribution in [-0.4, -0.2) is 22.4 Å². The van der Waals surface area contributed by atoms with E-state index in [1.165, 1.54) is 0 Å². The molecule has 0 saturated carbocycles. The lowest BCUT2D eigenvalue weighted by atomic mass is 10.1. The van der Waals surface area contributed by atoms with E-state index in [9.17, 15) is 0 Å². The van der Waals surface area contributed by atoms with Crippen LogP contribution in [0.4, 0.5) is 0 Å². The highest BCUT2D eigenvalue weighted by atomic mass is 35.5. The third-order valence-electron chi connectivity index (χ3n) is 2.31. The average Bonchev–Trinajstić information content (AvgIpc) is 2.71. The average molecular weight is 274 g/mol. The van der Waals surface area contributed by atoms with E-state index in [1.807, 2.05) is 6.07 Å². The lowest BCUT2D eigenvalue weighted by Gasteiger charge is -2.08. The fourth-order valence-corrected chi connectivity index (χ4v) is 1.92. The van der Waals surface area contributed by atoms with Gasteiger partial charge in [-0.1, -0.05) is 29.3 Å². The molecular formula is C10H9Cl2N3S. The Morgan fingerprint density at radius 2 is 2.12 bits per heavy atom. The van der Waals surface area contributed by atoms with E-state index in [1.54, 1.807) is 17.1 Å². The van der Waals surface area contributed by atoms with Gasteiger partial charge in [0.2, 0.25) is 0 Å². The third-order valence-corrected chi connectivity index (χ3v) is 3.26. The predicted octanol–water partition coefficient (Wildman–Crippen LogP) is 2.65. The van der Waals surface area contributed by atoms with Gasteiger partial charge in [0.1, 0.15) is 0 Å². The monoisotopic (exact) mass is 273 g/mol. The van der Waals surface area contributed by atoms with Crippen LogP contribution in [0.1, 0.15) is 12.0 Å². The summed E-state index contributed by atoms with van der Waals surface area (Å²) in [6.45, 7) is 0.713. The lowest BCUT2D eigenvalue weighted by Crippen LogP contribution is -2.28. The van der Waals surface area contributed by atoms with Gasteiger partial charge in [-0.3, -0.25) is 0 Å². The van der Waals surface area contributed by atoms with Crippen molar-refractivity contribution >= 4 is 46.2 Å². The molecule has 3 nitrogen and oxygen atoms in total. The Hall–Kier alpha value is -0.840. The number of thiocarbonyl (C=S) groups is 1. The number of hydrogen-bond donors (Lipinski definition) is 1. The van der Waals surface area contributed by atoms with Gasteiger partial charge in [0.15, 0.2) is 5.11 Å². The van der Waals surface area contributed by atoms with Crippen LogP contribution in [0, 0.1) is 0 Å². The molecule has 16 heavy (non-hydrogen) atoms. The van der Waals surface area contributed by atoms with Crippen LogP contribution in [0.2, 0.25) is 10.0 Å². The number of rotatable bonds is 1. The van der Waals surface area contributed by atoms with Crippen LogP contribution in [0.3, 0.4) is 0 Å². The highest BCUT2D eigenvalue weighted by molar-refractivity contribution is 7.80. The van der Waals surface area contributed by atoms with Crippen molar-refractivity contribution in [2.24, 2.45) is 10.8 Å². The molecule has 0 saturated heterocycles. The zero-order chi connectivity index (χ0) is 11.7. The van der Waals surface area contributed by atoms with Crippen molar-refractivity contribution in [1.29, 1.82) is 0 Å². The van der Waals surface area contributed by atoms with Gasteiger partial charge >= 0.3 is 0 Å². The number of nitrogens with two attached hydrogens (primary N) is 1. The largest absolute Gasteiger partial charge is 0.375 e. The third kappa shape index (κ3) is 2.29. The maximum atomic E-state index is 5.94. The quantitative estimate of drug-likeness (QED) is 0.800. The van der Waals surface area contributed by atoms with Gasteiger partial charge in [0.25, 0.3) is 0 Å². The molecule has 0 aliphatic carbocycles. The van der Waals surface area contributed by atoms with E-state index < -0.39 is 0 Å². The van der Waals surface area contributed by atoms with Crippen LogP contribution >= 0.6 is 35.4 Å². The summed E-state index contributed by atoms with van der Waals surface area (Å²) in [6, 6.07) is 5.44. The molecule has 1 aromatic rings. The molecule has 0 unspecified atom stereocenters. The second-order valence-electron chi connectivity index (χ2n) is 3.39. The normalized spacial score (nSPS) is 15.1. The summed E-state index contributed by atoms with van der Waals surface area (Å²) >= 11 is 16.6. The number of hydrogen-bond acceptors (Lipinski definition) is 2. The zero-order valence-electron chi connectivity index (χ0n) is 8.28. The highest BCUT2D eigenvalue weighted by Gasteiger charge is 2.17. The molecule has 0 aromatic heterocycles. The van der Waals surface area contributed by atoms with Crippen molar-refractivity contribution in [3.05, 3.63) is 33.8 Å². The Morgan fingerprint density at radius 3 is 2.69 bits per heavy atom. The molecule has 2 rings (SSSR count). The summed E-state index contributed by atoms with van der Waals surface area (Å²) in [5.74, 6) is 0. The SMILES string of the molecule is NC(=S)N1CCC(c2ccc(Cl)c(Cl)c2)=N1. The molecule has 2 N–H and O–H groups in total. The summed E-state index contributed by atoms with van der Waals surface area (Å²) in [7, 11) is 0. The molecule has 0 radical (unpaired) electrons. The smallest absolute Gasteiger partial charge is 0.186 e. The van der Waals surface area contributed by atoms with E-state index in [-0.39, 0.29) is 5.11 Å². The lowest BCUT2D eigenvalue weighted by molar-refractivity contribution is 0.495. The van der Waals surface area contributed by atoms with Gasteiger partial charge in [0.05, 0.1) is 15.8 Å². The van der Waals surface area contributed by atoms with Crippen molar-refractivity contribution in [1.82, 2.24) is 5.01 Å². The molecule has 1 aliphatic heterocycles. The Morgan fingerprint density at radius 1 is 1.38 bits per heavy atom. The number of halogens is 2. The summed E-state index contributed by atoms with van der Waals surface area (Å²) in [4.78, 5) is 0. The minimum atomic E-state index is 0.287. The fraction of sp³-hybridized carbons (Fsp3) is 0.200. The van der Waals surface area contributed by atoms with Gasteiger partial charge < -0.3 is 5.73 Å². The van der Waals surface area contributed by atoms with Crippen LogP contribution in [0.5, 0.6) is 0 Å². The molecular weight excluding hydrogens is 265 g/mol. The van der Waals surface area contributed by atoms with Gasteiger partial charge in [-0.25, -0.2) is 5.01 Å². The van der Waals surface area contributed by atoms with E-state index in [0.29, 0.717) is 16.6 Å². The van der Waals surface area contributed by atoms with Crippen molar-refractivity contribution in [2.75, 3.05) is 6.54 Å². The van der Waals surface area contributed by atoms with Gasteiger partial charge in [-0.05, 0) is 29.9 Å². The second kappa shape index (κ2) is 4.57. The first-order chi connectivity index (χ1) is 7.58. The van der Waals surface area contributed by atoms with Crippen LogP contribution in [0.25, 0.3) is 0 Å². The second-order valence-corrected chi connectivity index (χ2v) is 4.62. The van der Waals surface area contributed by atoms with Crippen LogP contribution in [-0.2, 0) is 0 Å². The predicted molar refractivity (Wildman–Crippen MR) is 71.1 cm³/mol. The summed E-state index contributed by atoms with van der Waals surface area (Å²) in [6.07, 6.45) is 0.801. The van der Waals surface area contributed by atoms with E-state index in [0.717, 1.165) is 17.7 Å². The number of benzene rings is 1. The van der Waals surface area contributed by atoms with Gasteiger partial charge in [0, 0.05) is 13.0 Å². The molecule has 6 heteroatoms. The summed E-state index contributed by atoms with van der Waals surface area (Å²) in [5, 5.41) is 7.26. The minimum Gasteiger partial charge on any atom is -0.375 e. The standard InChI is InChI=1S/C10H9Cl2N3S/c11-7-2-1-6(5-8(7)12)9-3-4-15(14-9)10(13)16/h1-2,5H,3-4H2,(H2,13,16). The molecule has 1 heterocycles. The van der Waals surface area contributed by atoms with E-state index in [2.05, 4.69) is 5.10 Å². The van der Waals surface area contributed by atoms with Gasteiger partial charge in [-0.15, -0.1) is 0 Å². The van der Waals surface area contributed by atoms with Crippen molar-refractivity contribution < 1.29 is 0 Å². The maximum absolute atomic E-state index is 5.94. The minimum absolute atomic E-state index is 0.287. The number of hydrazone groups is 1. The highest BCUT2D eigenvalue weighted by Crippen LogP contribution is 2.24. The van der Waals surface area contributed by atoms with Crippen LogP contribution in [0.15, 0.2) is 23.3 Å². The van der Waals surface area contributed by atoms with Crippen LogP contribution < -0.4 is 5.73 Å². The molecule has 0 spiro atoms. The van der Waals surface area contributed by atoms with E-state index >= 15 is 0 Å². The molecule has 84 valence electrons. The molecule has 0 atom stereocenters. The Kier molecular flexibility index (Phi) is 3.33. The zero-order valence-corrected chi connectivity index (χ0v) is 10.6. The summed E-state index contributed by atoms with van der Waals surface area (Å²) in [5.41, 5.74) is 7.37. The molecule has 0 amide bonds. The molecule has 1 aromatic carbocycles. The summed E-state index contributed by atoms with van der Waals surface area (Å²) < 4.78 is 0. The first-order valence-electron chi connectivity index (χ1n) is 4.68. The maximum Gasteiger partial charge on any atom is 0.186 e. The molecule has 0 fully saturated rings. The topological polar surface area (TPSA) is 41.6 Å². The Balaban J connectivity index is 2.29. The molecule has 0 bridgehead atoms.